The molecule has 1 N–H and O–H groups in total. The van der Waals surface area contributed by atoms with Crippen molar-refractivity contribution in [3.8, 4) is 0 Å². The molecule has 0 spiro atoms. The number of nitrogens with zero attached hydrogens (tertiary/aromatic N) is 4. The molecule has 1 fully saturated rings. The summed E-state index contributed by atoms with van der Waals surface area (Å²) in [7, 11) is 0. The van der Waals surface area contributed by atoms with Crippen LogP contribution in [0.5, 0.6) is 0 Å². The summed E-state index contributed by atoms with van der Waals surface area (Å²) in [5, 5.41) is 4.52. The van der Waals surface area contributed by atoms with Crippen molar-refractivity contribution in [1.29, 1.82) is 0 Å². The fourth-order valence-electron chi connectivity index (χ4n) is 3.68. The summed E-state index contributed by atoms with van der Waals surface area (Å²) in [4.78, 5) is 17.6. The molecule has 6 nitrogen and oxygen atoms in total. The molecule has 3 aromatic rings. The number of rotatable bonds is 1. The van der Waals surface area contributed by atoms with Crippen molar-refractivity contribution in [1.82, 2.24) is 20.3 Å². The number of aromatic nitrogens is 3. The Morgan fingerprint density at radius 3 is 2.92 bits per heavy atom. The zero-order chi connectivity index (χ0) is 17.0. The first-order chi connectivity index (χ1) is 12.1. The second kappa shape index (κ2) is 5.59. The molecule has 7 heteroatoms. The summed E-state index contributed by atoms with van der Waals surface area (Å²) in [6, 6.07) is 2.22. The molecular weight excluding hydrogens is 334 g/mol. The molecule has 5 rings (SSSR count). The number of anilines is 1. The molecule has 130 valence electrons. The molecule has 2 aliphatic heterocycles. The van der Waals surface area contributed by atoms with Crippen LogP contribution in [-0.2, 0) is 17.8 Å². The Bertz CT molecular complexity index is 961. The zero-order valence-electron chi connectivity index (χ0n) is 14.5. The smallest absolute Gasteiger partial charge is 0.150 e. The van der Waals surface area contributed by atoms with E-state index in [0.29, 0.717) is 6.61 Å². The third-order valence-electron chi connectivity index (χ3n) is 5.02. The van der Waals surface area contributed by atoms with Gasteiger partial charge in [0.1, 0.15) is 17.0 Å². The van der Waals surface area contributed by atoms with Gasteiger partial charge in [-0.15, -0.1) is 11.3 Å². The highest BCUT2D eigenvalue weighted by atomic mass is 32.1. The van der Waals surface area contributed by atoms with Gasteiger partial charge in [-0.3, -0.25) is 0 Å². The average molecular weight is 355 g/mol. The largest absolute Gasteiger partial charge is 0.370 e. The maximum atomic E-state index is 5.96. The minimum absolute atomic E-state index is 0.143. The normalized spacial score (nSPS) is 20.2. The van der Waals surface area contributed by atoms with Gasteiger partial charge in [-0.1, -0.05) is 0 Å². The van der Waals surface area contributed by atoms with Crippen molar-refractivity contribution in [2.75, 3.05) is 31.1 Å². The van der Waals surface area contributed by atoms with E-state index in [1.807, 2.05) is 0 Å². The van der Waals surface area contributed by atoms with Crippen LogP contribution in [0.3, 0.4) is 0 Å². The first-order valence-corrected chi connectivity index (χ1v) is 9.58. The lowest BCUT2D eigenvalue weighted by Gasteiger charge is -2.30. The van der Waals surface area contributed by atoms with E-state index in [-0.39, 0.29) is 5.60 Å². The molecule has 0 unspecified atom stereocenters. The van der Waals surface area contributed by atoms with Gasteiger partial charge in [0.05, 0.1) is 28.1 Å². The summed E-state index contributed by atoms with van der Waals surface area (Å²) >= 11 is 1.72. The van der Waals surface area contributed by atoms with Crippen molar-refractivity contribution in [2.24, 2.45) is 0 Å². The standard InChI is InChI=1S/C18H21N5OS/c1-18(2)8-13-11(9-24-18)7-12-14-15(25-17(12)22-13)16(21-10-20-14)23-5-3-19-4-6-23/h7,10,19H,3-6,8-9H2,1-2H3. The molecule has 0 aliphatic carbocycles. The van der Waals surface area contributed by atoms with E-state index in [4.69, 9.17) is 9.72 Å². The molecule has 3 aromatic heterocycles. The van der Waals surface area contributed by atoms with Gasteiger partial charge in [0.2, 0.25) is 0 Å². The Labute approximate surface area is 150 Å². The Morgan fingerprint density at radius 1 is 1.24 bits per heavy atom. The predicted octanol–water partition coefficient (Wildman–Crippen LogP) is 2.50. The number of hydrogen-bond donors (Lipinski definition) is 1. The van der Waals surface area contributed by atoms with E-state index in [9.17, 15) is 0 Å². The molecule has 0 aromatic carbocycles. The van der Waals surface area contributed by atoms with Crippen LogP contribution >= 0.6 is 11.3 Å². The average Bonchev–Trinajstić information content (AvgIpc) is 2.97. The number of fused-ring (bicyclic) bond motifs is 4. The van der Waals surface area contributed by atoms with E-state index in [2.05, 4.69) is 40.1 Å². The second-order valence-corrected chi connectivity index (χ2v) is 8.39. The van der Waals surface area contributed by atoms with Crippen LogP contribution in [0.2, 0.25) is 0 Å². The van der Waals surface area contributed by atoms with Crippen molar-refractivity contribution in [3.63, 3.8) is 0 Å². The van der Waals surface area contributed by atoms with Crippen LogP contribution in [-0.4, -0.2) is 46.7 Å². The van der Waals surface area contributed by atoms with Crippen LogP contribution in [0.4, 0.5) is 5.82 Å². The maximum absolute atomic E-state index is 5.96. The predicted molar refractivity (Wildman–Crippen MR) is 100 cm³/mol. The maximum Gasteiger partial charge on any atom is 0.150 e. The Hall–Kier alpha value is -1.83. The molecule has 0 saturated carbocycles. The van der Waals surface area contributed by atoms with Crippen LogP contribution in [0.15, 0.2) is 12.4 Å². The lowest BCUT2D eigenvalue weighted by Crippen LogP contribution is -2.43. The molecule has 0 bridgehead atoms. The minimum atomic E-state index is -0.143. The summed E-state index contributed by atoms with van der Waals surface area (Å²) in [6.45, 7) is 8.82. The fraction of sp³-hybridized carbons (Fsp3) is 0.500. The van der Waals surface area contributed by atoms with Crippen molar-refractivity contribution < 1.29 is 4.74 Å². The van der Waals surface area contributed by atoms with E-state index in [1.54, 1.807) is 17.7 Å². The third kappa shape index (κ3) is 2.58. The first kappa shape index (κ1) is 15.4. The highest BCUT2D eigenvalue weighted by Crippen LogP contribution is 2.38. The van der Waals surface area contributed by atoms with Crippen LogP contribution in [0.1, 0.15) is 25.1 Å². The van der Waals surface area contributed by atoms with E-state index in [1.165, 1.54) is 5.56 Å². The molecule has 2 aliphatic rings. The van der Waals surface area contributed by atoms with Crippen LogP contribution < -0.4 is 10.2 Å². The molecule has 0 radical (unpaired) electrons. The molecular formula is C18H21N5OS. The SMILES string of the molecule is CC1(C)Cc2nc3sc4c(N5CCNCC5)ncnc4c3cc2CO1. The highest BCUT2D eigenvalue weighted by Gasteiger charge is 2.28. The van der Waals surface area contributed by atoms with Crippen LogP contribution in [0, 0.1) is 0 Å². The topological polar surface area (TPSA) is 63.2 Å². The Morgan fingerprint density at radius 2 is 2.08 bits per heavy atom. The quantitative estimate of drug-likeness (QED) is 0.724. The number of pyridine rings is 1. The van der Waals surface area contributed by atoms with Gasteiger partial charge < -0.3 is 15.0 Å². The number of ether oxygens (including phenoxy) is 1. The first-order valence-electron chi connectivity index (χ1n) is 8.76. The van der Waals surface area contributed by atoms with E-state index < -0.39 is 0 Å². The van der Waals surface area contributed by atoms with Gasteiger partial charge in [0.25, 0.3) is 0 Å². The lowest BCUT2D eigenvalue weighted by molar-refractivity contribution is -0.0411. The van der Waals surface area contributed by atoms with Gasteiger partial charge in [-0.25, -0.2) is 15.0 Å². The Balaban J connectivity index is 1.68. The number of thiophene rings is 1. The van der Waals surface area contributed by atoms with Crippen molar-refractivity contribution >= 4 is 37.6 Å². The molecule has 0 amide bonds. The lowest BCUT2D eigenvalue weighted by atomic mass is 9.95. The summed E-state index contributed by atoms with van der Waals surface area (Å²) in [5.41, 5.74) is 3.22. The van der Waals surface area contributed by atoms with Gasteiger partial charge in [-0.05, 0) is 19.9 Å². The van der Waals surface area contributed by atoms with Gasteiger partial charge in [0, 0.05) is 43.5 Å². The van der Waals surface area contributed by atoms with Gasteiger partial charge in [-0.2, -0.15) is 0 Å². The van der Waals surface area contributed by atoms with Gasteiger partial charge in [0.15, 0.2) is 0 Å². The third-order valence-corrected chi connectivity index (χ3v) is 6.11. The molecule has 1 saturated heterocycles. The second-order valence-electron chi connectivity index (χ2n) is 7.39. The van der Waals surface area contributed by atoms with E-state index >= 15 is 0 Å². The molecule has 5 heterocycles. The van der Waals surface area contributed by atoms with Crippen molar-refractivity contribution in [2.45, 2.75) is 32.5 Å². The number of hydrogen-bond acceptors (Lipinski definition) is 7. The number of piperazine rings is 1. The van der Waals surface area contributed by atoms with Gasteiger partial charge >= 0.3 is 0 Å². The van der Waals surface area contributed by atoms with E-state index in [0.717, 1.165) is 64.5 Å². The Kier molecular flexibility index (Phi) is 3.45. The monoisotopic (exact) mass is 355 g/mol. The minimum Gasteiger partial charge on any atom is -0.370 e. The van der Waals surface area contributed by atoms with Crippen LogP contribution in [0.25, 0.3) is 20.4 Å². The van der Waals surface area contributed by atoms with Crippen molar-refractivity contribution in [3.05, 3.63) is 23.7 Å². The fourth-order valence-corrected chi connectivity index (χ4v) is 4.82. The summed E-state index contributed by atoms with van der Waals surface area (Å²) in [6.07, 6.45) is 2.54. The summed E-state index contributed by atoms with van der Waals surface area (Å²) < 4.78 is 7.11. The zero-order valence-corrected chi connectivity index (χ0v) is 15.3. The molecule has 25 heavy (non-hydrogen) atoms. The molecule has 0 atom stereocenters. The number of nitrogens with one attached hydrogen (secondary N) is 1. The summed E-state index contributed by atoms with van der Waals surface area (Å²) in [5.74, 6) is 1.05. The highest BCUT2D eigenvalue weighted by molar-refractivity contribution is 7.25.